The predicted molar refractivity (Wildman–Crippen MR) is 56.1 cm³/mol. The minimum atomic E-state index is 0.608. The largest absolute Gasteiger partial charge is 0.492 e. The highest BCUT2D eigenvalue weighted by atomic mass is 16.5. The van der Waals surface area contributed by atoms with Crippen LogP contribution in [0.2, 0.25) is 0 Å². The van der Waals surface area contributed by atoms with Gasteiger partial charge < -0.3 is 4.74 Å². The van der Waals surface area contributed by atoms with Crippen LogP contribution in [0.1, 0.15) is 25.8 Å². The maximum Gasteiger partial charge on any atom is 0.137 e. The summed E-state index contributed by atoms with van der Waals surface area (Å²) in [6.07, 6.45) is 1.01. The number of rotatable bonds is 4. The summed E-state index contributed by atoms with van der Waals surface area (Å²) in [5.74, 6) is 1.32. The van der Waals surface area contributed by atoms with Gasteiger partial charge in [-0.15, -0.1) is 0 Å². The molecule has 0 saturated carbocycles. The average molecular weight is 189 g/mol. The Labute approximate surface area is 85.1 Å². The average Bonchev–Trinajstić information content (AvgIpc) is 2.18. The zero-order chi connectivity index (χ0) is 10.4. The highest BCUT2D eigenvalue weighted by Gasteiger charge is 2.01. The van der Waals surface area contributed by atoms with E-state index < -0.39 is 0 Å². The van der Waals surface area contributed by atoms with E-state index >= 15 is 0 Å². The van der Waals surface area contributed by atoms with Gasteiger partial charge in [0.15, 0.2) is 0 Å². The number of hydrogen-bond acceptors (Lipinski definition) is 2. The molecular weight excluding hydrogens is 174 g/mol. The van der Waals surface area contributed by atoms with Crippen LogP contribution in [-0.2, 0) is 0 Å². The van der Waals surface area contributed by atoms with Crippen molar-refractivity contribution in [3.63, 3.8) is 0 Å². The van der Waals surface area contributed by atoms with E-state index in [9.17, 15) is 0 Å². The normalized spacial score (nSPS) is 9.86. The number of hydrogen-bond donors (Lipinski definition) is 0. The molecule has 1 aromatic carbocycles. The van der Waals surface area contributed by atoms with Crippen LogP contribution in [0.5, 0.6) is 5.75 Å². The summed E-state index contributed by atoms with van der Waals surface area (Å²) in [6, 6.07) is 9.43. The number of para-hydroxylation sites is 1. The summed E-state index contributed by atoms with van der Waals surface area (Å²) in [5, 5.41) is 8.80. The third-order valence-corrected chi connectivity index (χ3v) is 1.96. The first-order valence-electron chi connectivity index (χ1n) is 4.86. The Morgan fingerprint density at radius 2 is 2.07 bits per heavy atom. The SMILES string of the molecule is CC(C)CCOc1ccccc1C#N. The molecule has 0 atom stereocenters. The molecule has 2 heteroatoms. The zero-order valence-corrected chi connectivity index (χ0v) is 8.66. The Bertz CT molecular complexity index is 325. The first-order valence-corrected chi connectivity index (χ1v) is 4.86. The molecule has 0 heterocycles. The van der Waals surface area contributed by atoms with Crippen molar-refractivity contribution in [1.29, 1.82) is 5.26 Å². The van der Waals surface area contributed by atoms with Gasteiger partial charge in [0.05, 0.1) is 12.2 Å². The topological polar surface area (TPSA) is 33.0 Å². The minimum Gasteiger partial charge on any atom is -0.492 e. The standard InChI is InChI=1S/C12H15NO/c1-10(2)7-8-14-12-6-4-3-5-11(12)9-13/h3-6,10H,7-8H2,1-2H3. The second kappa shape index (κ2) is 5.29. The molecule has 1 rings (SSSR count). The van der Waals surface area contributed by atoms with Crippen molar-refractivity contribution in [2.45, 2.75) is 20.3 Å². The lowest BCUT2D eigenvalue weighted by molar-refractivity contribution is 0.289. The molecule has 14 heavy (non-hydrogen) atoms. The summed E-state index contributed by atoms with van der Waals surface area (Å²) in [5.41, 5.74) is 0.608. The van der Waals surface area contributed by atoms with Crippen LogP contribution < -0.4 is 4.74 Å². The van der Waals surface area contributed by atoms with E-state index in [1.54, 1.807) is 6.07 Å². The Balaban J connectivity index is 2.54. The second-order valence-corrected chi connectivity index (χ2v) is 3.64. The molecule has 0 aliphatic heterocycles. The highest BCUT2D eigenvalue weighted by molar-refractivity contribution is 5.42. The lowest BCUT2D eigenvalue weighted by Crippen LogP contribution is -2.02. The quantitative estimate of drug-likeness (QED) is 0.729. The van der Waals surface area contributed by atoms with Crippen molar-refractivity contribution in [1.82, 2.24) is 0 Å². The van der Waals surface area contributed by atoms with Gasteiger partial charge in [-0.1, -0.05) is 26.0 Å². The van der Waals surface area contributed by atoms with Crippen molar-refractivity contribution in [2.75, 3.05) is 6.61 Å². The number of ether oxygens (including phenoxy) is 1. The van der Waals surface area contributed by atoms with Gasteiger partial charge in [0.25, 0.3) is 0 Å². The van der Waals surface area contributed by atoms with E-state index in [4.69, 9.17) is 10.00 Å². The van der Waals surface area contributed by atoms with Gasteiger partial charge >= 0.3 is 0 Å². The third kappa shape index (κ3) is 3.10. The Morgan fingerprint density at radius 1 is 1.36 bits per heavy atom. The third-order valence-electron chi connectivity index (χ3n) is 1.96. The van der Waals surface area contributed by atoms with Crippen LogP contribution in [0.25, 0.3) is 0 Å². The molecule has 0 radical (unpaired) electrons. The maximum atomic E-state index is 8.80. The summed E-state index contributed by atoms with van der Waals surface area (Å²) in [4.78, 5) is 0. The molecule has 0 bridgehead atoms. The molecule has 0 unspecified atom stereocenters. The van der Waals surface area contributed by atoms with Crippen LogP contribution in [-0.4, -0.2) is 6.61 Å². The molecule has 0 spiro atoms. The Morgan fingerprint density at radius 3 is 2.71 bits per heavy atom. The molecule has 0 aromatic heterocycles. The fourth-order valence-corrected chi connectivity index (χ4v) is 1.09. The zero-order valence-electron chi connectivity index (χ0n) is 8.66. The fraction of sp³-hybridized carbons (Fsp3) is 0.417. The van der Waals surface area contributed by atoms with E-state index in [0.717, 1.165) is 6.42 Å². The molecule has 0 fully saturated rings. The Hall–Kier alpha value is -1.49. The molecule has 0 aliphatic rings. The van der Waals surface area contributed by atoms with Crippen molar-refractivity contribution < 1.29 is 4.74 Å². The van der Waals surface area contributed by atoms with Crippen molar-refractivity contribution >= 4 is 0 Å². The number of nitrogens with zero attached hydrogens (tertiary/aromatic N) is 1. The lowest BCUT2D eigenvalue weighted by atomic mass is 10.1. The van der Waals surface area contributed by atoms with Crippen molar-refractivity contribution in [3.05, 3.63) is 29.8 Å². The molecule has 0 N–H and O–H groups in total. The summed E-state index contributed by atoms with van der Waals surface area (Å²) < 4.78 is 5.52. The summed E-state index contributed by atoms with van der Waals surface area (Å²) in [6.45, 7) is 4.98. The van der Waals surface area contributed by atoms with Crippen LogP contribution in [0.4, 0.5) is 0 Å². The maximum absolute atomic E-state index is 8.80. The van der Waals surface area contributed by atoms with Crippen molar-refractivity contribution in [3.8, 4) is 11.8 Å². The van der Waals surface area contributed by atoms with Gasteiger partial charge in [-0.25, -0.2) is 0 Å². The van der Waals surface area contributed by atoms with Gasteiger partial charge in [-0.2, -0.15) is 5.26 Å². The first-order chi connectivity index (χ1) is 6.74. The summed E-state index contributed by atoms with van der Waals surface area (Å²) in [7, 11) is 0. The predicted octanol–water partition coefficient (Wildman–Crippen LogP) is 2.98. The molecule has 1 aromatic rings. The van der Waals surface area contributed by atoms with Gasteiger partial charge in [0.2, 0.25) is 0 Å². The molecule has 0 amide bonds. The Kier molecular flexibility index (Phi) is 4.00. The van der Waals surface area contributed by atoms with Gasteiger partial charge in [-0.05, 0) is 24.5 Å². The van der Waals surface area contributed by atoms with Gasteiger partial charge in [0, 0.05) is 0 Å². The number of benzene rings is 1. The monoisotopic (exact) mass is 189 g/mol. The molecule has 0 aliphatic carbocycles. The van der Waals surface area contributed by atoms with Crippen LogP contribution in [0, 0.1) is 17.2 Å². The van der Waals surface area contributed by atoms with Crippen molar-refractivity contribution in [2.24, 2.45) is 5.92 Å². The van der Waals surface area contributed by atoms with E-state index in [1.807, 2.05) is 18.2 Å². The van der Waals surface area contributed by atoms with Crippen LogP contribution in [0.15, 0.2) is 24.3 Å². The molecular formula is C12H15NO. The molecule has 74 valence electrons. The second-order valence-electron chi connectivity index (χ2n) is 3.64. The van der Waals surface area contributed by atoms with E-state index in [0.29, 0.717) is 23.8 Å². The summed E-state index contributed by atoms with van der Waals surface area (Å²) >= 11 is 0. The van der Waals surface area contributed by atoms with Gasteiger partial charge in [0.1, 0.15) is 11.8 Å². The van der Waals surface area contributed by atoms with E-state index in [2.05, 4.69) is 19.9 Å². The van der Waals surface area contributed by atoms with E-state index in [-0.39, 0.29) is 0 Å². The first kappa shape index (κ1) is 10.6. The minimum absolute atomic E-state index is 0.608. The fourth-order valence-electron chi connectivity index (χ4n) is 1.09. The van der Waals surface area contributed by atoms with E-state index in [1.165, 1.54) is 0 Å². The molecule has 2 nitrogen and oxygen atoms in total. The van der Waals surface area contributed by atoms with Gasteiger partial charge in [-0.3, -0.25) is 0 Å². The smallest absolute Gasteiger partial charge is 0.137 e. The highest BCUT2D eigenvalue weighted by Crippen LogP contribution is 2.17. The molecule has 0 saturated heterocycles. The number of nitriles is 1. The van der Waals surface area contributed by atoms with Crippen LogP contribution >= 0.6 is 0 Å². The van der Waals surface area contributed by atoms with Crippen LogP contribution in [0.3, 0.4) is 0 Å². The lowest BCUT2D eigenvalue weighted by Gasteiger charge is -2.08.